The number of amidine groups is 1. The SMILES string of the molecule is CSC(=NC#N)N(C)Cc1cccnc1. The Kier molecular flexibility index (Phi) is 4.64. The Hall–Kier alpha value is -1.54. The highest BCUT2D eigenvalue weighted by Crippen LogP contribution is 2.07. The van der Waals surface area contributed by atoms with Crippen molar-refractivity contribution in [2.75, 3.05) is 13.3 Å². The van der Waals surface area contributed by atoms with E-state index in [0.717, 1.165) is 5.56 Å². The van der Waals surface area contributed by atoms with Crippen LogP contribution in [-0.4, -0.2) is 28.4 Å². The summed E-state index contributed by atoms with van der Waals surface area (Å²) in [6, 6.07) is 3.89. The van der Waals surface area contributed by atoms with E-state index in [9.17, 15) is 0 Å². The van der Waals surface area contributed by atoms with Gasteiger partial charge in [0.1, 0.15) is 0 Å². The van der Waals surface area contributed by atoms with E-state index in [1.165, 1.54) is 11.8 Å². The number of nitriles is 1. The van der Waals surface area contributed by atoms with Crippen molar-refractivity contribution in [1.82, 2.24) is 9.88 Å². The summed E-state index contributed by atoms with van der Waals surface area (Å²) in [4.78, 5) is 9.68. The highest BCUT2D eigenvalue weighted by molar-refractivity contribution is 8.13. The third-order valence-electron chi connectivity index (χ3n) is 1.80. The number of aromatic nitrogens is 1. The molecule has 0 unspecified atom stereocenters. The number of nitrogens with zero attached hydrogens (tertiary/aromatic N) is 4. The van der Waals surface area contributed by atoms with Crippen LogP contribution in [0.15, 0.2) is 29.5 Å². The third-order valence-corrected chi connectivity index (χ3v) is 2.57. The van der Waals surface area contributed by atoms with E-state index in [-0.39, 0.29) is 0 Å². The molecule has 1 heterocycles. The largest absolute Gasteiger partial charge is 0.349 e. The third kappa shape index (κ3) is 3.60. The van der Waals surface area contributed by atoms with Crippen LogP contribution in [0, 0.1) is 11.5 Å². The Labute approximate surface area is 93.6 Å². The van der Waals surface area contributed by atoms with Gasteiger partial charge in [-0.1, -0.05) is 17.8 Å². The first-order valence-electron chi connectivity index (χ1n) is 4.38. The van der Waals surface area contributed by atoms with Crippen LogP contribution in [0.2, 0.25) is 0 Å². The molecule has 15 heavy (non-hydrogen) atoms. The van der Waals surface area contributed by atoms with Crippen LogP contribution in [0.4, 0.5) is 0 Å². The van der Waals surface area contributed by atoms with E-state index >= 15 is 0 Å². The first-order valence-corrected chi connectivity index (χ1v) is 5.61. The summed E-state index contributed by atoms with van der Waals surface area (Å²) in [5.74, 6) is 0. The maximum Gasteiger partial charge on any atom is 0.208 e. The maximum absolute atomic E-state index is 8.49. The molecule has 0 saturated carbocycles. The van der Waals surface area contributed by atoms with Gasteiger partial charge in [0, 0.05) is 26.0 Å². The molecule has 0 aliphatic heterocycles. The molecule has 0 spiro atoms. The van der Waals surface area contributed by atoms with Crippen molar-refractivity contribution in [2.45, 2.75) is 6.54 Å². The van der Waals surface area contributed by atoms with Crippen LogP contribution in [0.5, 0.6) is 0 Å². The highest BCUT2D eigenvalue weighted by atomic mass is 32.2. The number of pyridine rings is 1. The van der Waals surface area contributed by atoms with Crippen molar-refractivity contribution in [3.8, 4) is 6.19 Å². The molecule has 0 aliphatic rings. The number of thioether (sulfide) groups is 1. The van der Waals surface area contributed by atoms with E-state index in [4.69, 9.17) is 5.26 Å². The van der Waals surface area contributed by atoms with Gasteiger partial charge in [-0.15, -0.1) is 4.99 Å². The molecule has 0 N–H and O–H groups in total. The van der Waals surface area contributed by atoms with Gasteiger partial charge in [-0.2, -0.15) is 5.26 Å². The van der Waals surface area contributed by atoms with Gasteiger partial charge in [0.05, 0.1) is 0 Å². The molecule has 0 aromatic carbocycles. The van der Waals surface area contributed by atoms with Crippen molar-refractivity contribution in [3.05, 3.63) is 30.1 Å². The number of hydrogen-bond acceptors (Lipinski definition) is 4. The van der Waals surface area contributed by atoms with Gasteiger partial charge in [-0.3, -0.25) is 4.98 Å². The van der Waals surface area contributed by atoms with E-state index in [1.54, 1.807) is 18.6 Å². The lowest BCUT2D eigenvalue weighted by Crippen LogP contribution is -2.23. The zero-order valence-electron chi connectivity index (χ0n) is 8.71. The van der Waals surface area contributed by atoms with Crippen LogP contribution < -0.4 is 0 Å². The van der Waals surface area contributed by atoms with Crippen molar-refractivity contribution < 1.29 is 0 Å². The lowest BCUT2D eigenvalue weighted by Gasteiger charge is -2.18. The lowest BCUT2D eigenvalue weighted by atomic mass is 10.3. The average molecular weight is 220 g/mol. The topological polar surface area (TPSA) is 52.3 Å². The second-order valence-electron chi connectivity index (χ2n) is 2.92. The summed E-state index contributed by atoms with van der Waals surface area (Å²) >= 11 is 1.45. The fourth-order valence-electron chi connectivity index (χ4n) is 1.16. The summed E-state index contributed by atoms with van der Waals surface area (Å²) in [5, 5.41) is 9.20. The second kappa shape index (κ2) is 6.04. The first kappa shape index (κ1) is 11.5. The molecular weight excluding hydrogens is 208 g/mol. The molecule has 4 nitrogen and oxygen atoms in total. The lowest BCUT2D eigenvalue weighted by molar-refractivity contribution is 0.510. The van der Waals surface area contributed by atoms with Gasteiger partial charge in [-0.05, 0) is 17.9 Å². The number of aliphatic imine (C=N–C) groups is 1. The molecule has 5 heteroatoms. The normalized spacial score (nSPS) is 10.9. The minimum Gasteiger partial charge on any atom is -0.349 e. The van der Waals surface area contributed by atoms with Crippen LogP contribution in [0.1, 0.15) is 5.56 Å². The van der Waals surface area contributed by atoms with Gasteiger partial charge in [0.2, 0.25) is 6.19 Å². The molecule has 0 amide bonds. The predicted octanol–water partition coefficient (Wildman–Crippen LogP) is 1.71. The molecule has 0 aliphatic carbocycles. The molecule has 1 rings (SSSR count). The quantitative estimate of drug-likeness (QED) is 0.432. The number of rotatable bonds is 2. The van der Waals surface area contributed by atoms with Crippen molar-refractivity contribution >= 4 is 16.9 Å². The number of hydrogen-bond donors (Lipinski definition) is 0. The van der Waals surface area contributed by atoms with Crippen LogP contribution in [0.25, 0.3) is 0 Å². The Bertz CT molecular complexity index is 369. The fourth-order valence-corrected chi connectivity index (χ4v) is 1.67. The van der Waals surface area contributed by atoms with E-state index in [0.29, 0.717) is 11.7 Å². The maximum atomic E-state index is 8.49. The van der Waals surface area contributed by atoms with E-state index in [2.05, 4.69) is 9.98 Å². The first-order chi connectivity index (χ1) is 7.27. The van der Waals surface area contributed by atoms with Crippen LogP contribution in [-0.2, 0) is 6.54 Å². The minimum absolute atomic E-state index is 0.704. The molecule has 1 aromatic heterocycles. The predicted molar refractivity (Wildman–Crippen MR) is 62.3 cm³/mol. The molecule has 0 atom stereocenters. The zero-order chi connectivity index (χ0) is 11.1. The van der Waals surface area contributed by atoms with Gasteiger partial charge >= 0.3 is 0 Å². The Balaban J connectivity index is 2.67. The summed E-state index contributed by atoms with van der Waals surface area (Å²) in [6.07, 6.45) is 7.24. The van der Waals surface area contributed by atoms with Gasteiger partial charge in [0.15, 0.2) is 5.17 Å². The molecular formula is C10H12N4S. The van der Waals surface area contributed by atoms with Crippen LogP contribution >= 0.6 is 11.8 Å². The molecule has 0 radical (unpaired) electrons. The molecule has 1 aromatic rings. The summed E-state index contributed by atoms with van der Waals surface area (Å²) in [7, 11) is 1.90. The Morgan fingerprint density at radius 1 is 1.73 bits per heavy atom. The van der Waals surface area contributed by atoms with Crippen molar-refractivity contribution in [2.24, 2.45) is 4.99 Å². The van der Waals surface area contributed by atoms with Gasteiger partial charge in [0.25, 0.3) is 0 Å². The smallest absolute Gasteiger partial charge is 0.208 e. The Morgan fingerprint density at radius 3 is 3.07 bits per heavy atom. The van der Waals surface area contributed by atoms with Crippen molar-refractivity contribution in [1.29, 1.82) is 5.26 Å². The van der Waals surface area contributed by atoms with E-state index < -0.39 is 0 Å². The van der Waals surface area contributed by atoms with Gasteiger partial charge in [-0.25, -0.2) is 0 Å². The summed E-state index contributed by atoms with van der Waals surface area (Å²) in [5.41, 5.74) is 1.10. The van der Waals surface area contributed by atoms with Crippen molar-refractivity contribution in [3.63, 3.8) is 0 Å². The van der Waals surface area contributed by atoms with E-state index in [1.807, 2.05) is 30.3 Å². The summed E-state index contributed by atoms with van der Waals surface area (Å²) in [6.45, 7) is 0.704. The minimum atomic E-state index is 0.704. The molecule has 0 fully saturated rings. The Morgan fingerprint density at radius 2 is 2.53 bits per heavy atom. The average Bonchev–Trinajstić information content (AvgIpc) is 2.27. The molecule has 0 bridgehead atoms. The molecule has 78 valence electrons. The standard InChI is InChI=1S/C10H12N4S/c1-14(10(15-2)13-8-11)7-9-4-3-5-12-6-9/h3-6H,7H2,1-2H3. The zero-order valence-corrected chi connectivity index (χ0v) is 9.53. The summed E-state index contributed by atoms with van der Waals surface area (Å²) < 4.78 is 0. The highest BCUT2D eigenvalue weighted by Gasteiger charge is 2.05. The fraction of sp³-hybridized carbons (Fsp3) is 0.300. The monoisotopic (exact) mass is 220 g/mol. The van der Waals surface area contributed by atoms with Crippen LogP contribution in [0.3, 0.4) is 0 Å². The van der Waals surface area contributed by atoms with Gasteiger partial charge < -0.3 is 4.90 Å². The second-order valence-corrected chi connectivity index (χ2v) is 3.69. The molecule has 0 saturated heterocycles.